The van der Waals surface area contributed by atoms with E-state index in [0.717, 1.165) is 6.20 Å². The first-order valence-corrected chi connectivity index (χ1v) is 7.62. The second kappa shape index (κ2) is 7.43. The van der Waals surface area contributed by atoms with E-state index in [-0.39, 0.29) is 12.2 Å². The third-order valence-electron chi connectivity index (χ3n) is 3.52. The molecule has 5 N–H and O–H groups in total. The van der Waals surface area contributed by atoms with Gasteiger partial charge in [0.1, 0.15) is 17.3 Å². The van der Waals surface area contributed by atoms with Crippen molar-refractivity contribution in [2.24, 2.45) is 0 Å². The molecule has 0 unspecified atom stereocenters. The van der Waals surface area contributed by atoms with E-state index in [1.165, 1.54) is 24.4 Å². The Labute approximate surface area is 147 Å². The zero-order chi connectivity index (χ0) is 18.5. The Morgan fingerprint density at radius 3 is 2.85 bits per heavy atom. The van der Waals surface area contributed by atoms with E-state index in [1.807, 2.05) is 0 Å². The fraction of sp³-hybridized carbons (Fsp3) is 0.0588. The minimum atomic E-state index is -0.525. The number of amides is 1. The maximum atomic E-state index is 14.0. The number of benzene rings is 1. The molecule has 3 aromatic rings. The molecular weight excluding hydrogens is 339 g/mol. The monoisotopic (exact) mass is 354 g/mol. The predicted molar refractivity (Wildman–Crippen MR) is 95.2 cm³/mol. The van der Waals surface area contributed by atoms with Gasteiger partial charge in [0.2, 0.25) is 0 Å². The highest BCUT2D eigenvalue weighted by molar-refractivity contribution is 6.02. The van der Waals surface area contributed by atoms with Crippen LogP contribution >= 0.6 is 0 Å². The summed E-state index contributed by atoms with van der Waals surface area (Å²) in [5, 5.41) is 5.60. The smallest absolute Gasteiger partial charge is 0.275 e. The highest BCUT2D eigenvalue weighted by Gasteiger charge is 2.10. The highest BCUT2D eigenvalue weighted by atomic mass is 19.1. The molecule has 132 valence electrons. The largest absolute Gasteiger partial charge is 0.382 e. The maximum absolute atomic E-state index is 14.0. The highest BCUT2D eigenvalue weighted by Crippen LogP contribution is 2.19. The Balaban J connectivity index is 1.73. The lowest BCUT2D eigenvalue weighted by molar-refractivity contribution is 0.102. The first-order chi connectivity index (χ1) is 12.5. The fourth-order valence-electron chi connectivity index (χ4n) is 2.21. The van der Waals surface area contributed by atoms with Crippen LogP contribution in [0.5, 0.6) is 0 Å². The van der Waals surface area contributed by atoms with Gasteiger partial charge in [-0.15, -0.1) is 0 Å². The number of carbonyl (C=O) groups is 1. The quantitative estimate of drug-likeness (QED) is 0.553. The Bertz CT molecular complexity index is 984. The molecule has 0 aliphatic carbocycles. The lowest BCUT2D eigenvalue weighted by Gasteiger charge is -2.11. The van der Waals surface area contributed by atoms with Crippen molar-refractivity contribution in [3.63, 3.8) is 0 Å². The Hall–Kier alpha value is -3.75. The van der Waals surface area contributed by atoms with Gasteiger partial charge in [-0.1, -0.05) is 0 Å². The SMILES string of the molecule is Nc1ncccc1NCc1cc(NC(=O)c2c[nH]c(=O)cn2)ccc1F. The number of rotatable bonds is 5. The number of nitrogens with zero attached hydrogens (tertiary/aromatic N) is 2. The predicted octanol–water partition coefficient (Wildman–Crippen LogP) is 1.75. The molecule has 9 heteroatoms. The molecule has 0 aliphatic rings. The van der Waals surface area contributed by atoms with Crippen molar-refractivity contribution < 1.29 is 9.18 Å². The number of nitrogen functional groups attached to an aromatic ring is 1. The summed E-state index contributed by atoms with van der Waals surface area (Å²) in [6.07, 6.45) is 3.77. The minimum Gasteiger partial charge on any atom is -0.382 e. The molecule has 1 amide bonds. The van der Waals surface area contributed by atoms with Gasteiger partial charge in [0.25, 0.3) is 11.5 Å². The lowest BCUT2D eigenvalue weighted by Crippen LogP contribution is -2.17. The van der Waals surface area contributed by atoms with Crippen molar-refractivity contribution in [2.45, 2.75) is 6.54 Å². The summed E-state index contributed by atoms with van der Waals surface area (Å²) in [7, 11) is 0. The summed E-state index contributed by atoms with van der Waals surface area (Å²) < 4.78 is 14.0. The number of aromatic nitrogens is 3. The first-order valence-electron chi connectivity index (χ1n) is 7.62. The van der Waals surface area contributed by atoms with Crippen molar-refractivity contribution in [1.29, 1.82) is 0 Å². The van der Waals surface area contributed by atoms with Gasteiger partial charge in [0.15, 0.2) is 0 Å². The number of carbonyl (C=O) groups excluding carboxylic acids is 1. The van der Waals surface area contributed by atoms with Crippen molar-refractivity contribution >= 4 is 23.1 Å². The minimum absolute atomic E-state index is 0.0386. The summed E-state index contributed by atoms with van der Waals surface area (Å²) in [5.74, 6) is -0.648. The average molecular weight is 354 g/mol. The van der Waals surface area contributed by atoms with Crippen LogP contribution in [0.3, 0.4) is 0 Å². The normalized spacial score (nSPS) is 10.3. The summed E-state index contributed by atoms with van der Waals surface area (Å²) in [6.45, 7) is 0.155. The molecule has 1 aromatic carbocycles. The molecule has 0 radical (unpaired) electrons. The van der Waals surface area contributed by atoms with Crippen LogP contribution in [-0.4, -0.2) is 20.9 Å². The topological polar surface area (TPSA) is 126 Å². The zero-order valence-corrected chi connectivity index (χ0v) is 13.5. The van der Waals surface area contributed by atoms with Crippen LogP contribution < -0.4 is 21.9 Å². The van der Waals surface area contributed by atoms with Crippen molar-refractivity contribution in [2.75, 3.05) is 16.4 Å². The van der Waals surface area contributed by atoms with Crippen molar-refractivity contribution in [3.8, 4) is 0 Å². The van der Waals surface area contributed by atoms with E-state index in [4.69, 9.17) is 5.73 Å². The number of H-pyrrole nitrogens is 1. The van der Waals surface area contributed by atoms with Crippen LogP contribution in [0.4, 0.5) is 21.6 Å². The number of nitrogens with two attached hydrogens (primary N) is 1. The molecule has 0 aliphatic heterocycles. The second-order valence-electron chi connectivity index (χ2n) is 5.35. The van der Waals surface area contributed by atoms with Crippen LogP contribution in [0.15, 0.2) is 53.7 Å². The number of nitrogens with one attached hydrogen (secondary N) is 3. The second-order valence-corrected chi connectivity index (χ2v) is 5.35. The number of aromatic amines is 1. The van der Waals surface area contributed by atoms with Crippen LogP contribution in [0, 0.1) is 5.82 Å². The number of hydrogen-bond acceptors (Lipinski definition) is 6. The molecule has 2 aromatic heterocycles. The molecule has 3 rings (SSSR count). The summed E-state index contributed by atoms with van der Waals surface area (Å²) in [5.41, 5.74) is 6.67. The van der Waals surface area contributed by atoms with Gasteiger partial charge >= 0.3 is 0 Å². The van der Waals surface area contributed by atoms with Crippen molar-refractivity contribution in [1.82, 2.24) is 15.0 Å². The average Bonchev–Trinajstić information content (AvgIpc) is 2.64. The molecule has 2 heterocycles. The molecule has 0 bridgehead atoms. The van der Waals surface area contributed by atoms with Gasteiger partial charge < -0.3 is 21.4 Å². The van der Waals surface area contributed by atoms with Crippen molar-refractivity contribution in [3.05, 3.63) is 76.4 Å². The van der Waals surface area contributed by atoms with E-state index in [0.29, 0.717) is 22.8 Å². The third-order valence-corrected chi connectivity index (χ3v) is 3.52. The van der Waals surface area contributed by atoms with E-state index in [1.54, 1.807) is 18.3 Å². The standard InChI is InChI=1S/C17H15FN6O2/c18-12-4-3-11(24-17(26)14-8-23-15(25)9-22-14)6-10(12)7-21-13-2-1-5-20-16(13)19/h1-6,8-9,21H,7H2,(H2,19,20)(H,23,25)(H,24,26). The molecule has 0 saturated heterocycles. The molecular formula is C17H15FN6O2. The molecule has 0 atom stereocenters. The van der Waals surface area contributed by atoms with Crippen LogP contribution in [0.2, 0.25) is 0 Å². The Kier molecular flexibility index (Phi) is 4.88. The van der Waals surface area contributed by atoms with Gasteiger partial charge in [-0.3, -0.25) is 9.59 Å². The van der Waals surface area contributed by atoms with E-state index >= 15 is 0 Å². The van der Waals surface area contributed by atoms with Gasteiger partial charge in [-0.25, -0.2) is 14.4 Å². The molecule has 0 fully saturated rings. The molecule has 0 saturated carbocycles. The van der Waals surface area contributed by atoms with Gasteiger partial charge in [0, 0.05) is 30.2 Å². The summed E-state index contributed by atoms with van der Waals surface area (Å²) >= 11 is 0. The Morgan fingerprint density at radius 1 is 1.27 bits per heavy atom. The van der Waals surface area contributed by atoms with E-state index < -0.39 is 17.3 Å². The molecule has 8 nitrogen and oxygen atoms in total. The lowest BCUT2D eigenvalue weighted by atomic mass is 10.1. The molecule has 0 spiro atoms. The van der Waals surface area contributed by atoms with Crippen LogP contribution in [0.1, 0.15) is 16.1 Å². The zero-order valence-electron chi connectivity index (χ0n) is 13.5. The number of hydrogen-bond donors (Lipinski definition) is 4. The maximum Gasteiger partial charge on any atom is 0.275 e. The summed E-state index contributed by atoms with van der Waals surface area (Å²) in [4.78, 5) is 33.1. The Morgan fingerprint density at radius 2 is 2.12 bits per heavy atom. The number of anilines is 3. The van der Waals surface area contributed by atoms with Gasteiger partial charge in [-0.05, 0) is 30.3 Å². The van der Waals surface area contributed by atoms with Crippen LogP contribution in [-0.2, 0) is 6.54 Å². The molecule has 26 heavy (non-hydrogen) atoms. The number of halogens is 1. The van der Waals surface area contributed by atoms with Gasteiger partial charge in [-0.2, -0.15) is 0 Å². The van der Waals surface area contributed by atoms with E-state index in [2.05, 4.69) is 25.6 Å². The van der Waals surface area contributed by atoms with Crippen LogP contribution in [0.25, 0.3) is 0 Å². The fourth-order valence-corrected chi connectivity index (χ4v) is 2.21. The number of pyridine rings is 1. The summed E-state index contributed by atoms with van der Waals surface area (Å²) in [6, 6.07) is 7.62. The van der Waals surface area contributed by atoms with Gasteiger partial charge in [0.05, 0.1) is 11.9 Å². The third kappa shape index (κ3) is 4.01. The van der Waals surface area contributed by atoms with E-state index in [9.17, 15) is 14.0 Å². The first kappa shape index (κ1) is 17.1.